The molecule has 0 saturated heterocycles. The second-order valence-electron chi connectivity index (χ2n) is 5.58. The Kier molecular flexibility index (Phi) is 4.79. The maximum absolute atomic E-state index is 12.2. The van der Waals surface area contributed by atoms with Crippen LogP contribution in [-0.4, -0.2) is 23.4 Å². The number of aliphatic imine (C=N–C) groups is 1. The number of carbonyl (C=O) groups is 1. The molecule has 1 aliphatic rings. The molecule has 26 heavy (non-hydrogen) atoms. The first-order valence-corrected chi connectivity index (χ1v) is 7.99. The quantitative estimate of drug-likeness (QED) is 0.354. The van der Waals surface area contributed by atoms with Crippen molar-refractivity contribution >= 4 is 23.6 Å². The molecule has 2 aromatic rings. The molecule has 0 unspecified atom stereocenters. The molecule has 7 nitrogen and oxygen atoms in total. The Morgan fingerprint density at radius 1 is 1.27 bits per heavy atom. The molecule has 7 heteroatoms. The van der Waals surface area contributed by atoms with E-state index >= 15 is 0 Å². The first-order valence-electron chi connectivity index (χ1n) is 7.99. The van der Waals surface area contributed by atoms with Crippen molar-refractivity contribution < 1.29 is 19.2 Å². The largest absolute Gasteiger partial charge is 0.493 e. The summed E-state index contributed by atoms with van der Waals surface area (Å²) in [6.07, 6.45) is 1.54. The normalized spacial score (nSPS) is 14.9. The monoisotopic (exact) mass is 352 g/mol. The summed E-state index contributed by atoms with van der Waals surface area (Å²) in [4.78, 5) is 27.1. The van der Waals surface area contributed by atoms with E-state index in [4.69, 9.17) is 9.47 Å². The molecule has 1 aliphatic heterocycles. The number of ether oxygens (including phenoxy) is 2. The number of cyclic esters (lactones) is 1. The van der Waals surface area contributed by atoms with Gasteiger partial charge in [0, 0.05) is 11.6 Å². The molecule has 0 aliphatic carbocycles. The molecule has 0 bridgehead atoms. The fourth-order valence-corrected chi connectivity index (χ4v) is 2.54. The molecule has 1 heterocycles. The third-order valence-electron chi connectivity index (χ3n) is 3.71. The molecule has 0 atom stereocenters. The minimum Gasteiger partial charge on any atom is -0.493 e. The van der Waals surface area contributed by atoms with Crippen molar-refractivity contribution in [3.8, 4) is 5.75 Å². The van der Waals surface area contributed by atoms with Crippen LogP contribution in [0.15, 0.2) is 53.2 Å². The Labute approximate surface area is 149 Å². The van der Waals surface area contributed by atoms with Crippen LogP contribution in [0.1, 0.15) is 23.6 Å². The second-order valence-corrected chi connectivity index (χ2v) is 5.58. The molecule has 0 aromatic heterocycles. The van der Waals surface area contributed by atoms with Crippen LogP contribution in [0.2, 0.25) is 0 Å². The molecule has 0 fully saturated rings. The third-order valence-corrected chi connectivity index (χ3v) is 3.71. The van der Waals surface area contributed by atoms with E-state index in [0.29, 0.717) is 17.9 Å². The van der Waals surface area contributed by atoms with Crippen molar-refractivity contribution in [3.05, 3.63) is 75.0 Å². The van der Waals surface area contributed by atoms with E-state index in [0.717, 1.165) is 5.56 Å². The van der Waals surface area contributed by atoms with E-state index < -0.39 is 10.9 Å². The number of nitro groups is 1. The summed E-state index contributed by atoms with van der Waals surface area (Å²) in [5.74, 6) is -0.131. The number of benzene rings is 2. The molecular formula is C19H16N2O5. The summed E-state index contributed by atoms with van der Waals surface area (Å²) < 4.78 is 10.7. The minimum atomic E-state index is -0.665. The Morgan fingerprint density at radius 2 is 2.04 bits per heavy atom. The lowest BCUT2D eigenvalue weighted by atomic mass is 10.1. The van der Waals surface area contributed by atoms with Gasteiger partial charge in [-0.15, -0.1) is 0 Å². The van der Waals surface area contributed by atoms with Crippen LogP contribution >= 0.6 is 0 Å². The molecule has 0 amide bonds. The number of nitro benzene ring substituents is 1. The van der Waals surface area contributed by atoms with Gasteiger partial charge in [0.1, 0.15) is 11.3 Å². The van der Waals surface area contributed by atoms with Gasteiger partial charge in [0.2, 0.25) is 5.90 Å². The summed E-state index contributed by atoms with van der Waals surface area (Å²) in [7, 11) is 0. The van der Waals surface area contributed by atoms with Crippen LogP contribution < -0.4 is 4.74 Å². The molecule has 132 valence electrons. The smallest absolute Gasteiger partial charge is 0.363 e. The van der Waals surface area contributed by atoms with Crippen molar-refractivity contribution in [1.29, 1.82) is 0 Å². The average Bonchev–Trinajstić information content (AvgIpc) is 2.97. The number of rotatable bonds is 5. The Bertz CT molecular complexity index is 947. The number of hydrogen-bond donors (Lipinski definition) is 0. The van der Waals surface area contributed by atoms with E-state index in [1.165, 1.54) is 6.07 Å². The zero-order chi connectivity index (χ0) is 18.7. The third kappa shape index (κ3) is 3.46. The van der Waals surface area contributed by atoms with Crippen LogP contribution in [0.25, 0.3) is 6.08 Å². The predicted molar refractivity (Wildman–Crippen MR) is 96.1 cm³/mol. The molecule has 0 radical (unpaired) electrons. The first kappa shape index (κ1) is 17.3. The van der Waals surface area contributed by atoms with E-state index in [9.17, 15) is 14.9 Å². The standard InChI is InChI=1S/C19H16N2O5/c1-3-25-17-7-5-4-6-13(17)11-15-19(22)26-18(20-15)14-10-12(2)8-9-16(14)21(23)24/h4-11H,3H2,1-2H3/b15-11+. The van der Waals surface area contributed by atoms with Gasteiger partial charge in [-0.2, -0.15) is 0 Å². The Balaban J connectivity index is 2.03. The Hall–Kier alpha value is -3.48. The fourth-order valence-electron chi connectivity index (χ4n) is 2.54. The highest BCUT2D eigenvalue weighted by molar-refractivity contribution is 6.14. The van der Waals surface area contributed by atoms with E-state index in [1.54, 1.807) is 37.3 Å². The summed E-state index contributed by atoms with van der Waals surface area (Å²) in [5.41, 5.74) is 1.53. The van der Waals surface area contributed by atoms with Gasteiger partial charge in [-0.25, -0.2) is 9.79 Å². The highest BCUT2D eigenvalue weighted by atomic mass is 16.6. The van der Waals surface area contributed by atoms with Gasteiger partial charge in [-0.3, -0.25) is 10.1 Å². The number of hydrogen-bond acceptors (Lipinski definition) is 6. The van der Waals surface area contributed by atoms with Crippen LogP contribution in [0.3, 0.4) is 0 Å². The van der Waals surface area contributed by atoms with Gasteiger partial charge >= 0.3 is 5.97 Å². The van der Waals surface area contributed by atoms with Crippen molar-refractivity contribution in [2.45, 2.75) is 13.8 Å². The number of esters is 1. The number of nitrogens with zero attached hydrogens (tertiary/aromatic N) is 2. The van der Waals surface area contributed by atoms with Gasteiger partial charge < -0.3 is 9.47 Å². The summed E-state index contributed by atoms with van der Waals surface area (Å²) in [6, 6.07) is 11.8. The average molecular weight is 352 g/mol. The molecule has 0 spiro atoms. The molecule has 3 rings (SSSR count). The second kappa shape index (κ2) is 7.18. The van der Waals surface area contributed by atoms with Crippen LogP contribution in [0.5, 0.6) is 5.75 Å². The van der Waals surface area contributed by atoms with E-state index in [-0.39, 0.29) is 22.8 Å². The highest BCUT2D eigenvalue weighted by Gasteiger charge is 2.29. The van der Waals surface area contributed by atoms with Crippen LogP contribution in [0.4, 0.5) is 5.69 Å². The molecular weight excluding hydrogens is 336 g/mol. The fraction of sp³-hybridized carbons (Fsp3) is 0.158. The topological polar surface area (TPSA) is 91.0 Å². The zero-order valence-corrected chi connectivity index (χ0v) is 14.3. The van der Waals surface area contributed by atoms with Crippen molar-refractivity contribution in [2.24, 2.45) is 4.99 Å². The number of aryl methyl sites for hydroxylation is 1. The van der Waals surface area contributed by atoms with Gasteiger partial charge in [0.15, 0.2) is 5.70 Å². The lowest BCUT2D eigenvalue weighted by Gasteiger charge is -2.06. The number of carbonyl (C=O) groups excluding carboxylic acids is 1. The maximum atomic E-state index is 12.2. The van der Waals surface area contributed by atoms with Gasteiger partial charge in [0.05, 0.1) is 11.5 Å². The van der Waals surface area contributed by atoms with Crippen molar-refractivity contribution in [3.63, 3.8) is 0 Å². The lowest BCUT2D eigenvalue weighted by molar-refractivity contribution is -0.385. The van der Waals surface area contributed by atoms with Crippen LogP contribution in [0, 0.1) is 17.0 Å². The zero-order valence-electron chi connectivity index (χ0n) is 14.3. The van der Waals surface area contributed by atoms with E-state index in [1.807, 2.05) is 19.1 Å². The minimum absolute atomic E-state index is 0.0583. The van der Waals surface area contributed by atoms with Crippen molar-refractivity contribution in [2.75, 3.05) is 6.61 Å². The van der Waals surface area contributed by atoms with Crippen LogP contribution in [-0.2, 0) is 9.53 Å². The van der Waals surface area contributed by atoms with Gasteiger partial charge in [-0.1, -0.05) is 24.3 Å². The van der Waals surface area contributed by atoms with Crippen molar-refractivity contribution in [1.82, 2.24) is 0 Å². The SMILES string of the molecule is CCOc1ccccc1/C=C1/N=C(c2cc(C)ccc2[N+](=O)[O-])OC1=O. The van der Waals surface area contributed by atoms with E-state index in [2.05, 4.69) is 4.99 Å². The highest BCUT2D eigenvalue weighted by Crippen LogP contribution is 2.28. The predicted octanol–water partition coefficient (Wildman–Crippen LogP) is 3.65. The maximum Gasteiger partial charge on any atom is 0.363 e. The molecule has 0 N–H and O–H groups in total. The molecule has 0 saturated carbocycles. The number of para-hydroxylation sites is 1. The van der Waals surface area contributed by atoms with Gasteiger partial charge in [0.25, 0.3) is 5.69 Å². The molecule has 2 aromatic carbocycles. The lowest BCUT2D eigenvalue weighted by Crippen LogP contribution is -2.08. The first-order chi connectivity index (χ1) is 12.5. The van der Waals surface area contributed by atoms with Gasteiger partial charge in [-0.05, 0) is 37.6 Å². The summed E-state index contributed by atoms with van der Waals surface area (Å²) in [5, 5.41) is 11.2. The summed E-state index contributed by atoms with van der Waals surface area (Å²) >= 11 is 0. The Morgan fingerprint density at radius 3 is 2.77 bits per heavy atom. The summed E-state index contributed by atoms with van der Waals surface area (Å²) in [6.45, 7) is 4.13.